The van der Waals surface area contributed by atoms with Crippen molar-refractivity contribution in [3.63, 3.8) is 0 Å². The quantitative estimate of drug-likeness (QED) is 0.225. The number of benzene rings is 3. The van der Waals surface area contributed by atoms with Gasteiger partial charge in [0.1, 0.15) is 11.5 Å². The lowest BCUT2D eigenvalue weighted by Gasteiger charge is -2.09. The molecule has 0 radical (unpaired) electrons. The Morgan fingerprint density at radius 3 is 2.28 bits per heavy atom. The summed E-state index contributed by atoms with van der Waals surface area (Å²) in [6.45, 7) is 5.16. The van der Waals surface area contributed by atoms with Crippen LogP contribution in [0.4, 0.5) is 5.69 Å². The molecule has 3 rings (SSSR count). The van der Waals surface area contributed by atoms with E-state index < -0.39 is 5.97 Å². The number of nitrogens with zero attached hydrogens (tertiary/aromatic N) is 1. The Labute approximate surface area is 169 Å². The number of ether oxygens (including phenoxy) is 3. The fourth-order valence-corrected chi connectivity index (χ4v) is 2.41. The SMILES string of the molecule is C=C(C)C(=O)Oc1ccc(C=Nc2ccc(Oc3ccccc3)cc2)cc1OC. The van der Waals surface area contributed by atoms with Gasteiger partial charge < -0.3 is 14.2 Å². The molecule has 3 aromatic rings. The molecule has 0 unspecified atom stereocenters. The lowest BCUT2D eigenvalue weighted by molar-refractivity contribution is -0.130. The average Bonchev–Trinajstić information content (AvgIpc) is 2.74. The number of rotatable bonds is 7. The topological polar surface area (TPSA) is 57.1 Å². The first-order valence-electron chi connectivity index (χ1n) is 8.98. The van der Waals surface area contributed by atoms with E-state index in [1.165, 1.54) is 7.11 Å². The molecule has 0 aliphatic carbocycles. The highest BCUT2D eigenvalue weighted by Gasteiger charge is 2.11. The van der Waals surface area contributed by atoms with Crippen LogP contribution in [0.3, 0.4) is 0 Å². The van der Waals surface area contributed by atoms with Gasteiger partial charge in [-0.2, -0.15) is 0 Å². The fourth-order valence-electron chi connectivity index (χ4n) is 2.41. The van der Waals surface area contributed by atoms with Crippen LogP contribution in [0.1, 0.15) is 12.5 Å². The van der Waals surface area contributed by atoms with Crippen molar-refractivity contribution in [1.82, 2.24) is 0 Å². The van der Waals surface area contributed by atoms with Crippen molar-refractivity contribution in [2.45, 2.75) is 6.92 Å². The first-order chi connectivity index (χ1) is 14.0. The van der Waals surface area contributed by atoms with Gasteiger partial charge in [-0.15, -0.1) is 0 Å². The number of methoxy groups -OCH3 is 1. The molecule has 0 aliphatic heterocycles. The van der Waals surface area contributed by atoms with Gasteiger partial charge in [-0.3, -0.25) is 4.99 Å². The van der Waals surface area contributed by atoms with Crippen molar-refractivity contribution in [2.75, 3.05) is 7.11 Å². The zero-order valence-corrected chi connectivity index (χ0v) is 16.3. The number of hydrogen-bond donors (Lipinski definition) is 0. The molecule has 0 N–H and O–H groups in total. The van der Waals surface area contributed by atoms with E-state index in [1.54, 1.807) is 31.3 Å². The minimum atomic E-state index is -0.498. The van der Waals surface area contributed by atoms with E-state index in [9.17, 15) is 4.79 Å². The highest BCUT2D eigenvalue weighted by molar-refractivity contribution is 5.89. The number of carbonyl (C=O) groups is 1. The van der Waals surface area contributed by atoms with Crippen molar-refractivity contribution >= 4 is 17.9 Å². The molecular weight excluding hydrogens is 366 g/mol. The number of esters is 1. The summed E-state index contributed by atoms with van der Waals surface area (Å²) < 4.78 is 16.3. The van der Waals surface area contributed by atoms with Crippen molar-refractivity contribution in [3.05, 3.63) is 90.5 Å². The molecule has 0 saturated heterocycles. The molecule has 146 valence electrons. The summed E-state index contributed by atoms with van der Waals surface area (Å²) in [5.41, 5.74) is 1.90. The van der Waals surface area contributed by atoms with Crippen LogP contribution in [-0.2, 0) is 4.79 Å². The molecular formula is C24H21NO4. The monoisotopic (exact) mass is 387 g/mol. The summed E-state index contributed by atoms with van der Waals surface area (Å²) in [4.78, 5) is 16.2. The fraction of sp³-hybridized carbons (Fsp3) is 0.0833. The Kier molecular flexibility index (Phi) is 6.43. The molecule has 0 fully saturated rings. The van der Waals surface area contributed by atoms with E-state index in [-0.39, 0.29) is 0 Å². The Hall–Kier alpha value is -3.86. The maximum Gasteiger partial charge on any atom is 0.338 e. The highest BCUT2D eigenvalue weighted by Crippen LogP contribution is 2.29. The summed E-state index contributed by atoms with van der Waals surface area (Å²) in [6, 6.07) is 22.3. The second-order valence-corrected chi connectivity index (χ2v) is 6.25. The summed E-state index contributed by atoms with van der Waals surface area (Å²) in [5, 5.41) is 0. The van der Waals surface area contributed by atoms with Gasteiger partial charge in [0.2, 0.25) is 0 Å². The second-order valence-electron chi connectivity index (χ2n) is 6.25. The van der Waals surface area contributed by atoms with E-state index >= 15 is 0 Å². The smallest absolute Gasteiger partial charge is 0.338 e. The van der Waals surface area contributed by atoms with Crippen LogP contribution < -0.4 is 14.2 Å². The number of aliphatic imine (C=N–C) groups is 1. The molecule has 5 nitrogen and oxygen atoms in total. The van der Waals surface area contributed by atoms with Crippen LogP contribution in [0.25, 0.3) is 0 Å². The largest absolute Gasteiger partial charge is 0.493 e. The van der Waals surface area contributed by atoms with Crippen molar-refractivity contribution in [1.29, 1.82) is 0 Å². The molecule has 3 aromatic carbocycles. The van der Waals surface area contributed by atoms with Gasteiger partial charge in [0.25, 0.3) is 0 Å². The molecule has 0 aliphatic rings. The molecule has 0 saturated carbocycles. The first-order valence-corrected chi connectivity index (χ1v) is 8.98. The van der Waals surface area contributed by atoms with Crippen LogP contribution >= 0.6 is 0 Å². The van der Waals surface area contributed by atoms with Crippen LogP contribution in [0, 0.1) is 0 Å². The third kappa shape index (κ3) is 5.56. The predicted octanol–water partition coefficient (Wildman–Crippen LogP) is 5.72. The summed E-state index contributed by atoms with van der Waals surface area (Å²) >= 11 is 0. The lowest BCUT2D eigenvalue weighted by atomic mass is 10.2. The molecule has 0 heterocycles. The van der Waals surface area contributed by atoms with E-state index in [1.807, 2.05) is 54.6 Å². The Bertz CT molecular complexity index is 1020. The van der Waals surface area contributed by atoms with Gasteiger partial charge in [0.15, 0.2) is 11.5 Å². The van der Waals surface area contributed by atoms with Crippen molar-refractivity contribution in [3.8, 4) is 23.0 Å². The van der Waals surface area contributed by atoms with Gasteiger partial charge >= 0.3 is 5.97 Å². The minimum Gasteiger partial charge on any atom is -0.493 e. The summed E-state index contributed by atoms with van der Waals surface area (Å²) in [6.07, 6.45) is 1.71. The number of hydrogen-bond acceptors (Lipinski definition) is 5. The molecule has 0 amide bonds. The number of para-hydroxylation sites is 1. The molecule has 29 heavy (non-hydrogen) atoms. The molecule has 5 heteroatoms. The third-order valence-corrected chi connectivity index (χ3v) is 3.92. The zero-order chi connectivity index (χ0) is 20.6. The molecule has 0 spiro atoms. The van der Waals surface area contributed by atoms with Crippen molar-refractivity contribution < 1.29 is 19.0 Å². The normalized spacial score (nSPS) is 10.6. The van der Waals surface area contributed by atoms with E-state index in [4.69, 9.17) is 14.2 Å². The summed E-state index contributed by atoms with van der Waals surface area (Å²) in [5.74, 6) is 1.79. The van der Waals surface area contributed by atoms with Crippen molar-refractivity contribution in [2.24, 2.45) is 4.99 Å². The second kappa shape index (κ2) is 9.37. The highest BCUT2D eigenvalue weighted by atomic mass is 16.6. The minimum absolute atomic E-state index is 0.317. The van der Waals surface area contributed by atoms with Gasteiger partial charge in [-0.1, -0.05) is 24.8 Å². The summed E-state index contributed by atoms with van der Waals surface area (Å²) in [7, 11) is 1.51. The van der Waals surface area contributed by atoms with Gasteiger partial charge in [0, 0.05) is 11.8 Å². The Morgan fingerprint density at radius 2 is 1.62 bits per heavy atom. The number of carbonyl (C=O) groups excluding carboxylic acids is 1. The molecule has 0 atom stereocenters. The standard InChI is InChI=1S/C24H21NO4/c1-17(2)24(26)29-22-14-9-18(15-23(22)27-3)16-25-19-10-12-21(13-11-19)28-20-7-5-4-6-8-20/h4-16H,1H2,2-3H3. The van der Waals surface area contributed by atoms with E-state index in [2.05, 4.69) is 11.6 Å². The third-order valence-electron chi connectivity index (χ3n) is 3.92. The maximum atomic E-state index is 11.7. The Balaban J connectivity index is 1.69. The van der Waals surface area contributed by atoms with E-state index in [0.29, 0.717) is 17.1 Å². The van der Waals surface area contributed by atoms with Crippen LogP contribution in [0.5, 0.6) is 23.0 Å². The van der Waals surface area contributed by atoms with E-state index in [0.717, 1.165) is 22.7 Å². The van der Waals surface area contributed by atoms with Gasteiger partial charge in [-0.25, -0.2) is 4.79 Å². The molecule has 0 bridgehead atoms. The van der Waals surface area contributed by atoms with Crippen LogP contribution in [-0.4, -0.2) is 19.3 Å². The Morgan fingerprint density at radius 1 is 0.931 bits per heavy atom. The zero-order valence-electron chi connectivity index (χ0n) is 16.3. The average molecular weight is 387 g/mol. The maximum absolute atomic E-state index is 11.7. The predicted molar refractivity (Wildman–Crippen MR) is 114 cm³/mol. The first kappa shape index (κ1) is 19.9. The van der Waals surface area contributed by atoms with Gasteiger partial charge in [0.05, 0.1) is 12.8 Å². The van der Waals surface area contributed by atoms with Gasteiger partial charge in [-0.05, 0) is 67.1 Å². The van der Waals surface area contributed by atoms with Crippen LogP contribution in [0.2, 0.25) is 0 Å². The van der Waals surface area contributed by atoms with Crippen LogP contribution in [0.15, 0.2) is 89.9 Å². The molecule has 0 aromatic heterocycles. The lowest BCUT2D eigenvalue weighted by Crippen LogP contribution is -2.09.